The predicted octanol–water partition coefficient (Wildman–Crippen LogP) is 2.90. The van der Waals surface area contributed by atoms with Gasteiger partial charge in [0.2, 0.25) is 0 Å². The van der Waals surface area contributed by atoms with E-state index in [1.54, 1.807) is 6.92 Å². The molecule has 1 atom stereocenters. The number of ether oxygens (including phenoxy) is 2. The zero-order valence-corrected chi connectivity index (χ0v) is 13.2. The highest BCUT2D eigenvalue weighted by Gasteiger charge is 2.15. The van der Waals surface area contributed by atoms with Crippen molar-refractivity contribution in [1.82, 2.24) is 5.32 Å². The van der Waals surface area contributed by atoms with Crippen LogP contribution in [0.4, 0.5) is 4.39 Å². The molecule has 0 saturated heterocycles. The number of rotatable bonds is 8. The molecule has 0 heterocycles. The Hall–Kier alpha value is -1.14. The zero-order valence-electron chi connectivity index (χ0n) is 11.6. The van der Waals surface area contributed by atoms with Gasteiger partial charge < -0.3 is 14.8 Å². The van der Waals surface area contributed by atoms with Crippen LogP contribution in [0.1, 0.15) is 20.3 Å². The highest BCUT2D eigenvalue weighted by Crippen LogP contribution is 2.26. The van der Waals surface area contributed by atoms with Gasteiger partial charge in [-0.05, 0) is 54.4 Å². The Balaban J connectivity index is 2.37. The van der Waals surface area contributed by atoms with E-state index in [4.69, 9.17) is 9.47 Å². The van der Waals surface area contributed by atoms with Crippen LogP contribution in [-0.2, 0) is 9.53 Å². The van der Waals surface area contributed by atoms with Crippen LogP contribution in [0.15, 0.2) is 22.7 Å². The van der Waals surface area contributed by atoms with Crippen LogP contribution in [0, 0.1) is 5.82 Å². The molecular formula is C14H19BrFNO3. The molecule has 0 bridgehead atoms. The smallest absolute Gasteiger partial charge is 0.260 e. The minimum atomic E-state index is -0.649. The first-order chi connectivity index (χ1) is 9.54. The van der Waals surface area contributed by atoms with Crippen molar-refractivity contribution in [3.05, 3.63) is 28.5 Å². The molecule has 0 aliphatic rings. The van der Waals surface area contributed by atoms with Gasteiger partial charge in [0.25, 0.3) is 5.91 Å². The van der Waals surface area contributed by atoms with E-state index in [0.717, 1.165) is 6.42 Å². The van der Waals surface area contributed by atoms with Crippen molar-refractivity contribution in [1.29, 1.82) is 0 Å². The van der Waals surface area contributed by atoms with Crippen molar-refractivity contribution >= 4 is 21.8 Å². The summed E-state index contributed by atoms with van der Waals surface area (Å²) >= 11 is 3.19. The number of amides is 1. The molecule has 0 aromatic heterocycles. The van der Waals surface area contributed by atoms with Gasteiger partial charge >= 0.3 is 0 Å². The second-order valence-electron chi connectivity index (χ2n) is 4.18. The van der Waals surface area contributed by atoms with Gasteiger partial charge in [0.15, 0.2) is 6.10 Å². The van der Waals surface area contributed by atoms with Gasteiger partial charge in [-0.2, -0.15) is 0 Å². The standard InChI is InChI=1S/C14H19BrFNO3/c1-3-19-8-4-7-17-14(18)10(2)20-13-6-5-11(16)9-12(13)15/h5-6,9-10H,3-4,7-8H2,1-2H3,(H,17,18). The van der Waals surface area contributed by atoms with E-state index in [2.05, 4.69) is 21.2 Å². The Bertz CT molecular complexity index is 442. The second-order valence-corrected chi connectivity index (χ2v) is 5.03. The molecule has 4 nitrogen and oxygen atoms in total. The molecule has 0 spiro atoms. The van der Waals surface area contributed by atoms with Crippen LogP contribution in [0.2, 0.25) is 0 Å². The van der Waals surface area contributed by atoms with E-state index >= 15 is 0 Å². The molecule has 0 aliphatic carbocycles. The fourth-order valence-corrected chi connectivity index (χ4v) is 1.93. The molecule has 0 saturated carbocycles. The Morgan fingerprint density at radius 2 is 2.25 bits per heavy atom. The summed E-state index contributed by atoms with van der Waals surface area (Å²) in [6.45, 7) is 5.40. The molecule has 0 radical (unpaired) electrons. The minimum absolute atomic E-state index is 0.210. The lowest BCUT2D eigenvalue weighted by Gasteiger charge is -2.15. The van der Waals surface area contributed by atoms with Gasteiger partial charge in [0.1, 0.15) is 11.6 Å². The molecule has 6 heteroatoms. The number of halogens is 2. The molecule has 1 amide bonds. The minimum Gasteiger partial charge on any atom is -0.480 e. The molecule has 0 fully saturated rings. The van der Waals surface area contributed by atoms with Gasteiger partial charge in [0, 0.05) is 19.8 Å². The fourth-order valence-electron chi connectivity index (χ4n) is 1.49. The lowest BCUT2D eigenvalue weighted by atomic mass is 10.3. The van der Waals surface area contributed by atoms with Crippen LogP contribution in [0.3, 0.4) is 0 Å². The predicted molar refractivity (Wildman–Crippen MR) is 78.3 cm³/mol. The van der Waals surface area contributed by atoms with E-state index in [0.29, 0.717) is 30.0 Å². The Morgan fingerprint density at radius 1 is 1.50 bits per heavy atom. The SMILES string of the molecule is CCOCCCNC(=O)C(C)Oc1ccc(F)cc1Br. The van der Waals surface area contributed by atoms with Crippen LogP contribution in [0.25, 0.3) is 0 Å². The normalized spacial score (nSPS) is 12.0. The summed E-state index contributed by atoms with van der Waals surface area (Å²) < 4.78 is 24.1. The maximum absolute atomic E-state index is 12.9. The Kier molecular flexibility index (Phi) is 7.54. The highest BCUT2D eigenvalue weighted by atomic mass is 79.9. The summed E-state index contributed by atoms with van der Waals surface area (Å²) in [5.74, 6) is -0.140. The number of carbonyl (C=O) groups excluding carboxylic acids is 1. The van der Waals surface area contributed by atoms with E-state index in [1.807, 2.05) is 6.92 Å². The lowest BCUT2D eigenvalue weighted by molar-refractivity contribution is -0.127. The molecule has 1 aromatic rings. The molecule has 112 valence electrons. The van der Waals surface area contributed by atoms with Crippen molar-refractivity contribution in [3.63, 3.8) is 0 Å². The van der Waals surface area contributed by atoms with E-state index < -0.39 is 6.10 Å². The molecule has 1 unspecified atom stereocenters. The first-order valence-electron chi connectivity index (χ1n) is 6.51. The largest absolute Gasteiger partial charge is 0.480 e. The van der Waals surface area contributed by atoms with Gasteiger partial charge in [-0.1, -0.05) is 0 Å². The first-order valence-corrected chi connectivity index (χ1v) is 7.31. The molecule has 0 aliphatic heterocycles. The molecular weight excluding hydrogens is 329 g/mol. The average Bonchev–Trinajstić information content (AvgIpc) is 2.41. The topological polar surface area (TPSA) is 47.6 Å². The van der Waals surface area contributed by atoms with E-state index in [-0.39, 0.29) is 11.7 Å². The number of hydrogen-bond donors (Lipinski definition) is 1. The first kappa shape index (κ1) is 16.9. The monoisotopic (exact) mass is 347 g/mol. The fraction of sp³-hybridized carbons (Fsp3) is 0.500. The zero-order chi connectivity index (χ0) is 15.0. The van der Waals surface area contributed by atoms with Crippen LogP contribution < -0.4 is 10.1 Å². The van der Waals surface area contributed by atoms with Crippen molar-refractivity contribution < 1.29 is 18.7 Å². The molecule has 20 heavy (non-hydrogen) atoms. The average molecular weight is 348 g/mol. The summed E-state index contributed by atoms with van der Waals surface area (Å²) in [6, 6.07) is 4.06. The number of carbonyl (C=O) groups is 1. The molecule has 1 rings (SSSR count). The quantitative estimate of drug-likeness (QED) is 0.735. The summed E-state index contributed by atoms with van der Waals surface area (Å²) in [6.07, 6.45) is 0.107. The Labute approximate surface area is 126 Å². The van der Waals surface area contributed by atoms with Crippen molar-refractivity contribution in [2.75, 3.05) is 19.8 Å². The van der Waals surface area contributed by atoms with Crippen LogP contribution in [-0.4, -0.2) is 31.8 Å². The second kappa shape index (κ2) is 8.92. The maximum atomic E-state index is 12.9. The molecule has 1 N–H and O–H groups in total. The van der Waals surface area contributed by atoms with Crippen LogP contribution >= 0.6 is 15.9 Å². The van der Waals surface area contributed by atoms with Crippen molar-refractivity contribution in [3.8, 4) is 5.75 Å². The van der Waals surface area contributed by atoms with E-state index in [9.17, 15) is 9.18 Å². The Morgan fingerprint density at radius 3 is 2.90 bits per heavy atom. The maximum Gasteiger partial charge on any atom is 0.260 e. The van der Waals surface area contributed by atoms with Gasteiger partial charge in [-0.25, -0.2) is 4.39 Å². The summed E-state index contributed by atoms with van der Waals surface area (Å²) in [7, 11) is 0. The van der Waals surface area contributed by atoms with Gasteiger partial charge in [-0.15, -0.1) is 0 Å². The summed E-state index contributed by atoms with van der Waals surface area (Å²) in [5.41, 5.74) is 0. The lowest BCUT2D eigenvalue weighted by Crippen LogP contribution is -2.37. The highest BCUT2D eigenvalue weighted by molar-refractivity contribution is 9.10. The van der Waals surface area contributed by atoms with E-state index in [1.165, 1.54) is 18.2 Å². The number of hydrogen-bond acceptors (Lipinski definition) is 3. The molecule has 1 aromatic carbocycles. The van der Waals surface area contributed by atoms with Crippen molar-refractivity contribution in [2.45, 2.75) is 26.4 Å². The summed E-state index contributed by atoms with van der Waals surface area (Å²) in [4.78, 5) is 11.8. The third-order valence-electron chi connectivity index (χ3n) is 2.54. The van der Waals surface area contributed by atoms with Gasteiger partial charge in [-0.3, -0.25) is 4.79 Å². The van der Waals surface area contributed by atoms with Crippen LogP contribution in [0.5, 0.6) is 5.75 Å². The van der Waals surface area contributed by atoms with Crippen molar-refractivity contribution in [2.24, 2.45) is 0 Å². The summed E-state index contributed by atoms with van der Waals surface area (Å²) in [5, 5.41) is 2.76. The third-order valence-corrected chi connectivity index (χ3v) is 3.16. The van der Waals surface area contributed by atoms with Gasteiger partial charge in [0.05, 0.1) is 4.47 Å². The number of nitrogens with one attached hydrogen (secondary N) is 1. The third kappa shape index (κ3) is 5.88. The number of benzene rings is 1.